The Morgan fingerprint density at radius 1 is 1.22 bits per heavy atom. The minimum atomic E-state index is -0.523. The van der Waals surface area contributed by atoms with E-state index in [2.05, 4.69) is 21.2 Å². The van der Waals surface area contributed by atoms with Crippen molar-refractivity contribution in [3.05, 3.63) is 63.9 Å². The van der Waals surface area contributed by atoms with Crippen molar-refractivity contribution in [3.8, 4) is 0 Å². The number of halogens is 2. The average Bonchev–Trinajstić information content (AvgIpc) is 2.35. The minimum absolute atomic E-state index is 0.0470. The lowest BCUT2D eigenvalue weighted by Gasteiger charge is -2.08. The van der Waals surface area contributed by atoms with Crippen molar-refractivity contribution in [2.24, 2.45) is 0 Å². The van der Waals surface area contributed by atoms with Crippen LogP contribution in [0.3, 0.4) is 0 Å². The van der Waals surface area contributed by atoms with Crippen LogP contribution in [0.4, 0.5) is 10.1 Å². The van der Waals surface area contributed by atoms with Crippen molar-refractivity contribution in [1.29, 1.82) is 0 Å². The van der Waals surface area contributed by atoms with Crippen LogP contribution >= 0.6 is 15.9 Å². The summed E-state index contributed by atoms with van der Waals surface area (Å²) in [6, 6.07) is 11.6. The number of rotatable bonds is 2. The normalized spacial score (nSPS) is 10.2. The maximum atomic E-state index is 13.6. The van der Waals surface area contributed by atoms with E-state index in [1.807, 2.05) is 19.1 Å². The van der Waals surface area contributed by atoms with Crippen molar-refractivity contribution in [2.75, 3.05) is 5.32 Å². The number of anilines is 1. The predicted octanol–water partition coefficient (Wildman–Crippen LogP) is 4.15. The fourth-order valence-electron chi connectivity index (χ4n) is 1.57. The van der Waals surface area contributed by atoms with Crippen LogP contribution in [0.5, 0.6) is 0 Å². The lowest BCUT2D eigenvalue weighted by Crippen LogP contribution is -2.14. The van der Waals surface area contributed by atoms with Gasteiger partial charge in [-0.25, -0.2) is 4.39 Å². The molecular formula is C14H11BrFNO. The van der Waals surface area contributed by atoms with Gasteiger partial charge in [-0.2, -0.15) is 0 Å². The Kier molecular flexibility index (Phi) is 3.77. The van der Waals surface area contributed by atoms with Crippen LogP contribution in [0, 0.1) is 12.7 Å². The number of hydrogen-bond donors (Lipinski definition) is 1. The van der Waals surface area contributed by atoms with Crippen LogP contribution < -0.4 is 5.32 Å². The highest BCUT2D eigenvalue weighted by Crippen LogP contribution is 2.22. The number of carbonyl (C=O) groups excluding carboxylic acids is 1. The van der Waals surface area contributed by atoms with Crippen LogP contribution in [-0.2, 0) is 0 Å². The molecule has 0 heterocycles. The molecule has 0 aliphatic carbocycles. The summed E-state index contributed by atoms with van der Waals surface area (Å²) in [7, 11) is 0. The van der Waals surface area contributed by atoms with Crippen molar-refractivity contribution < 1.29 is 9.18 Å². The molecule has 2 aromatic rings. The van der Waals surface area contributed by atoms with Gasteiger partial charge in [0, 0.05) is 4.47 Å². The second-order valence-corrected chi connectivity index (χ2v) is 4.77. The molecule has 0 atom stereocenters. The van der Waals surface area contributed by atoms with Gasteiger partial charge in [0.1, 0.15) is 5.82 Å². The SMILES string of the molecule is Cc1ccc(F)c(C(=O)Nc2ccccc2Br)c1. The molecule has 0 aliphatic rings. The van der Waals surface area contributed by atoms with Gasteiger partial charge in [-0.3, -0.25) is 4.79 Å². The van der Waals surface area contributed by atoms with Crippen LogP contribution in [0.1, 0.15) is 15.9 Å². The molecule has 0 bridgehead atoms. The first-order valence-electron chi connectivity index (χ1n) is 5.40. The van der Waals surface area contributed by atoms with Crippen molar-refractivity contribution in [2.45, 2.75) is 6.92 Å². The van der Waals surface area contributed by atoms with E-state index in [0.717, 1.165) is 10.0 Å². The summed E-state index contributed by atoms with van der Waals surface area (Å²) in [6.07, 6.45) is 0. The molecule has 92 valence electrons. The van der Waals surface area contributed by atoms with E-state index < -0.39 is 11.7 Å². The molecule has 0 radical (unpaired) electrons. The van der Waals surface area contributed by atoms with E-state index in [-0.39, 0.29) is 5.56 Å². The molecule has 2 nitrogen and oxygen atoms in total. The van der Waals surface area contributed by atoms with Gasteiger partial charge in [-0.15, -0.1) is 0 Å². The lowest BCUT2D eigenvalue weighted by atomic mass is 10.1. The summed E-state index contributed by atoms with van der Waals surface area (Å²) < 4.78 is 14.3. The van der Waals surface area contributed by atoms with E-state index in [1.54, 1.807) is 18.2 Å². The number of benzene rings is 2. The number of para-hydroxylation sites is 1. The number of aryl methyl sites for hydroxylation is 1. The summed E-state index contributed by atoms with van der Waals surface area (Å²) in [4.78, 5) is 12.0. The first kappa shape index (κ1) is 12.8. The summed E-state index contributed by atoms with van der Waals surface area (Å²) >= 11 is 3.32. The van der Waals surface area contributed by atoms with E-state index in [4.69, 9.17) is 0 Å². The maximum absolute atomic E-state index is 13.6. The van der Waals surface area contributed by atoms with Crippen LogP contribution in [0.15, 0.2) is 46.9 Å². The average molecular weight is 308 g/mol. The molecule has 0 spiro atoms. The largest absolute Gasteiger partial charge is 0.321 e. The number of amides is 1. The smallest absolute Gasteiger partial charge is 0.258 e. The zero-order valence-electron chi connectivity index (χ0n) is 9.71. The molecule has 2 aromatic carbocycles. The molecule has 0 aliphatic heterocycles. The van der Waals surface area contributed by atoms with E-state index >= 15 is 0 Å². The topological polar surface area (TPSA) is 29.1 Å². The molecular weight excluding hydrogens is 297 g/mol. The number of carbonyl (C=O) groups is 1. The van der Waals surface area contributed by atoms with Crippen molar-refractivity contribution >= 4 is 27.5 Å². The standard InChI is InChI=1S/C14H11BrFNO/c1-9-6-7-12(16)10(8-9)14(18)17-13-5-3-2-4-11(13)15/h2-8H,1H3,(H,17,18). The highest BCUT2D eigenvalue weighted by atomic mass is 79.9. The quantitative estimate of drug-likeness (QED) is 0.887. The van der Waals surface area contributed by atoms with Crippen molar-refractivity contribution in [1.82, 2.24) is 0 Å². The Morgan fingerprint density at radius 2 is 1.94 bits per heavy atom. The third-order valence-corrected chi connectivity index (χ3v) is 3.18. The molecule has 0 saturated heterocycles. The Morgan fingerprint density at radius 3 is 2.67 bits per heavy atom. The van der Waals surface area contributed by atoms with Gasteiger partial charge in [-0.05, 0) is 47.1 Å². The summed E-state index contributed by atoms with van der Waals surface area (Å²) in [5.41, 5.74) is 1.50. The van der Waals surface area contributed by atoms with Gasteiger partial charge in [0.2, 0.25) is 0 Å². The fourth-order valence-corrected chi connectivity index (χ4v) is 1.95. The Labute approximate surface area is 113 Å². The van der Waals surface area contributed by atoms with Crippen LogP contribution in [0.2, 0.25) is 0 Å². The first-order chi connectivity index (χ1) is 8.58. The molecule has 0 saturated carbocycles. The summed E-state index contributed by atoms with van der Waals surface area (Å²) in [6.45, 7) is 1.81. The maximum Gasteiger partial charge on any atom is 0.258 e. The van der Waals surface area contributed by atoms with Gasteiger partial charge in [0.15, 0.2) is 0 Å². The Hall–Kier alpha value is -1.68. The predicted molar refractivity (Wildman–Crippen MR) is 73.2 cm³/mol. The zero-order chi connectivity index (χ0) is 13.1. The lowest BCUT2D eigenvalue weighted by molar-refractivity contribution is 0.102. The molecule has 2 rings (SSSR count). The zero-order valence-corrected chi connectivity index (χ0v) is 11.3. The molecule has 1 amide bonds. The number of nitrogens with one attached hydrogen (secondary N) is 1. The third kappa shape index (κ3) is 2.76. The van der Waals surface area contributed by atoms with E-state index in [0.29, 0.717) is 5.69 Å². The summed E-state index contributed by atoms with van der Waals surface area (Å²) in [5.74, 6) is -0.978. The second-order valence-electron chi connectivity index (χ2n) is 3.92. The molecule has 4 heteroatoms. The molecule has 1 N–H and O–H groups in total. The van der Waals surface area contributed by atoms with Crippen LogP contribution in [-0.4, -0.2) is 5.91 Å². The van der Waals surface area contributed by atoms with Gasteiger partial charge >= 0.3 is 0 Å². The third-order valence-electron chi connectivity index (χ3n) is 2.49. The summed E-state index contributed by atoms with van der Waals surface area (Å²) in [5, 5.41) is 2.67. The Balaban J connectivity index is 2.28. The van der Waals surface area contributed by atoms with E-state index in [1.165, 1.54) is 12.1 Å². The number of hydrogen-bond acceptors (Lipinski definition) is 1. The molecule has 0 fully saturated rings. The molecule has 0 aromatic heterocycles. The van der Waals surface area contributed by atoms with E-state index in [9.17, 15) is 9.18 Å². The van der Waals surface area contributed by atoms with Gasteiger partial charge in [-0.1, -0.05) is 23.8 Å². The monoisotopic (exact) mass is 307 g/mol. The van der Waals surface area contributed by atoms with Crippen LogP contribution in [0.25, 0.3) is 0 Å². The van der Waals surface area contributed by atoms with Gasteiger partial charge in [0.05, 0.1) is 11.3 Å². The fraction of sp³-hybridized carbons (Fsp3) is 0.0714. The molecule has 0 unspecified atom stereocenters. The minimum Gasteiger partial charge on any atom is -0.321 e. The van der Waals surface area contributed by atoms with Gasteiger partial charge < -0.3 is 5.32 Å². The van der Waals surface area contributed by atoms with Gasteiger partial charge in [0.25, 0.3) is 5.91 Å². The highest BCUT2D eigenvalue weighted by molar-refractivity contribution is 9.10. The molecule has 18 heavy (non-hydrogen) atoms. The second kappa shape index (κ2) is 5.31. The van der Waals surface area contributed by atoms with Crippen molar-refractivity contribution in [3.63, 3.8) is 0 Å². The Bertz CT molecular complexity index is 598. The first-order valence-corrected chi connectivity index (χ1v) is 6.19. The highest BCUT2D eigenvalue weighted by Gasteiger charge is 2.12.